The summed E-state index contributed by atoms with van der Waals surface area (Å²) in [5.41, 5.74) is 0. The Morgan fingerprint density at radius 3 is 2.73 bits per heavy atom. The summed E-state index contributed by atoms with van der Waals surface area (Å²) in [5, 5.41) is 3.54. The van der Waals surface area contributed by atoms with Crippen molar-refractivity contribution in [2.24, 2.45) is 5.92 Å². The fourth-order valence-electron chi connectivity index (χ4n) is 2.22. The van der Waals surface area contributed by atoms with E-state index in [0.29, 0.717) is 0 Å². The third-order valence-corrected chi connectivity index (χ3v) is 4.08. The van der Waals surface area contributed by atoms with Crippen molar-refractivity contribution < 1.29 is 0 Å². The zero-order valence-corrected chi connectivity index (χ0v) is 10.7. The van der Waals surface area contributed by atoms with Crippen LogP contribution < -0.4 is 5.32 Å². The highest BCUT2D eigenvalue weighted by Gasteiger charge is 2.12. The van der Waals surface area contributed by atoms with E-state index in [0.717, 1.165) is 18.2 Å². The maximum Gasteiger partial charge on any atom is 0.0111 e. The Bertz CT molecular complexity index is 153. The quantitative estimate of drug-likeness (QED) is 0.503. The minimum atomic E-state index is 1.02. The molecule has 88 valence electrons. The van der Waals surface area contributed by atoms with Gasteiger partial charge >= 0.3 is 0 Å². The van der Waals surface area contributed by atoms with Crippen LogP contribution in [0.2, 0.25) is 0 Å². The van der Waals surface area contributed by atoms with Crippen LogP contribution in [-0.4, -0.2) is 24.6 Å². The molecule has 1 nitrogen and oxygen atoms in total. The summed E-state index contributed by atoms with van der Waals surface area (Å²) < 4.78 is 0. The van der Waals surface area contributed by atoms with Gasteiger partial charge in [0.15, 0.2) is 0 Å². The Balaban J connectivity index is 1.81. The average molecular weight is 227 g/mol. The molecule has 0 unspecified atom stereocenters. The zero-order valence-electron chi connectivity index (χ0n) is 9.84. The molecule has 0 bridgehead atoms. The van der Waals surface area contributed by atoms with Gasteiger partial charge in [-0.2, -0.15) is 11.8 Å². The fraction of sp³-hybridized carbons (Fsp3) is 0.846. The summed E-state index contributed by atoms with van der Waals surface area (Å²) in [6.45, 7) is 6.09. The molecule has 1 aliphatic carbocycles. The molecule has 15 heavy (non-hydrogen) atoms. The van der Waals surface area contributed by atoms with E-state index >= 15 is 0 Å². The largest absolute Gasteiger partial charge is 0.316 e. The smallest absolute Gasteiger partial charge is 0.0111 e. The lowest BCUT2D eigenvalue weighted by Gasteiger charge is -2.21. The number of thioether (sulfide) groups is 1. The molecule has 0 aromatic carbocycles. The van der Waals surface area contributed by atoms with Gasteiger partial charge in [-0.3, -0.25) is 0 Å². The van der Waals surface area contributed by atoms with Crippen LogP contribution in [0.25, 0.3) is 0 Å². The molecule has 1 aliphatic rings. The van der Waals surface area contributed by atoms with Crippen LogP contribution >= 0.6 is 11.8 Å². The van der Waals surface area contributed by atoms with E-state index < -0.39 is 0 Å². The van der Waals surface area contributed by atoms with Gasteiger partial charge in [0, 0.05) is 18.1 Å². The summed E-state index contributed by atoms with van der Waals surface area (Å²) in [6, 6.07) is 0. The van der Waals surface area contributed by atoms with Crippen molar-refractivity contribution >= 4 is 11.8 Å². The first-order chi connectivity index (χ1) is 7.43. The standard InChI is InChI=1S/C13H25NS/c1-2-11-15-12-10-14-9-8-13-6-4-3-5-7-13/h2,13-14H,1,3-12H2. The summed E-state index contributed by atoms with van der Waals surface area (Å²) >= 11 is 1.96. The van der Waals surface area contributed by atoms with Crippen LogP contribution in [0, 0.1) is 5.92 Å². The maximum absolute atomic E-state index is 3.71. The molecule has 0 aromatic rings. The zero-order chi connectivity index (χ0) is 10.8. The van der Waals surface area contributed by atoms with Gasteiger partial charge in [-0.05, 0) is 18.9 Å². The van der Waals surface area contributed by atoms with E-state index in [1.807, 2.05) is 17.8 Å². The first-order valence-corrected chi connectivity index (χ1v) is 7.48. The number of hydrogen-bond acceptors (Lipinski definition) is 2. The molecule has 0 aliphatic heterocycles. The van der Waals surface area contributed by atoms with Crippen molar-refractivity contribution in [2.45, 2.75) is 38.5 Å². The fourth-order valence-corrected chi connectivity index (χ4v) is 2.84. The lowest BCUT2D eigenvalue weighted by molar-refractivity contribution is 0.335. The highest BCUT2D eigenvalue weighted by molar-refractivity contribution is 7.99. The molecule has 1 saturated carbocycles. The van der Waals surface area contributed by atoms with E-state index in [4.69, 9.17) is 0 Å². The SMILES string of the molecule is C=CCSCCNCCC1CCCCC1. The second kappa shape index (κ2) is 9.29. The molecular weight excluding hydrogens is 202 g/mol. The Labute approximate surface area is 99.1 Å². The van der Waals surface area contributed by atoms with Crippen LogP contribution in [0.4, 0.5) is 0 Å². The molecule has 0 radical (unpaired) electrons. The van der Waals surface area contributed by atoms with Gasteiger partial charge in [0.1, 0.15) is 0 Å². The lowest BCUT2D eigenvalue weighted by Crippen LogP contribution is -2.21. The first kappa shape index (κ1) is 13.1. The highest BCUT2D eigenvalue weighted by Crippen LogP contribution is 2.25. The summed E-state index contributed by atoms with van der Waals surface area (Å²) in [5.74, 6) is 3.33. The van der Waals surface area contributed by atoms with Crippen LogP contribution in [-0.2, 0) is 0 Å². The molecule has 0 saturated heterocycles. The molecule has 0 spiro atoms. The van der Waals surface area contributed by atoms with Crippen molar-refractivity contribution in [3.8, 4) is 0 Å². The van der Waals surface area contributed by atoms with E-state index in [1.54, 1.807) is 0 Å². The van der Waals surface area contributed by atoms with Crippen molar-refractivity contribution in [3.05, 3.63) is 12.7 Å². The molecule has 2 heteroatoms. The van der Waals surface area contributed by atoms with Crippen molar-refractivity contribution in [3.63, 3.8) is 0 Å². The highest BCUT2D eigenvalue weighted by atomic mass is 32.2. The molecule has 1 rings (SSSR count). The monoisotopic (exact) mass is 227 g/mol. The molecule has 0 amide bonds. The predicted molar refractivity (Wildman–Crippen MR) is 71.6 cm³/mol. The van der Waals surface area contributed by atoms with Crippen molar-refractivity contribution in [1.29, 1.82) is 0 Å². The first-order valence-electron chi connectivity index (χ1n) is 6.33. The average Bonchev–Trinajstić information content (AvgIpc) is 2.29. The van der Waals surface area contributed by atoms with Crippen LogP contribution in [0.3, 0.4) is 0 Å². The second-order valence-electron chi connectivity index (χ2n) is 4.41. The van der Waals surface area contributed by atoms with Gasteiger partial charge in [-0.15, -0.1) is 6.58 Å². The summed E-state index contributed by atoms with van der Waals surface area (Å²) in [6.07, 6.45) is 10.8. The minimum absolute atomic E-state index is 1.02. The maximum atomic E-state index is 3.71. The molecule has 0 atom stereocenters. The normalized spacial score (nSPS) is 17.9. The van der Waals surface area contributed by atoms with E-state index in [-0.39, 0.29) is 0 Å². The van der Waals surface area contributed by atoms with Crippen LogP contribution in [0.15, 0.2) is 12.7 Å². The van der Waals surface area contributed by atoms with Gasteiger partial charge in [0.2, 0.25) is 0 Å². The van der Waals surface area contributed by atoms with Crippen LogP contribution in [0.1, 0.15) is 38.5 Å². The van der Waals surface area contributed by atoms with Gasteiger partial charge in [0.25, 0.3) is 0 Å². The summed E-state index contributed by atoms with van der Waals surface area (Å²) in [4.78, 5) is 0. The third-order valence-electron chi connectivity index (χ3n) is 3.11. The summed E-state index contributed by atoms with van der Waals surface area (Å²) in [7, 11) is 0. The van der Waals surface area contributed by atoms with E-state index in [1.165, 1.54) is 50.8 Å². The molecule has 1 N–H and O–H groups in total. The van der Waals surface area contributed by atoms with E-state index in [2.05, 4.69) is 11.9 Å². The Kier molecular flexibility index (Phi) is 8.12. The molecule has 0 heterocycles. The van der Waals surface area contributed by atoms with E-state index in [9.17, 15) is 0 Å². The lowest BCUT2D eigenvalue weighted by atomic mass is 9.87. The van der Waals surface area contributed by atoms with Gasteiger partial charge in [-0.1, -0.05) is 38.2 Å². The van der Waals surface area contributed by atoms with Crippen molar-refractivity contribution in [1.82, 2.24) is 5.32 Å². The Morgan fingerprint density at radius 1 is 1.20 bits per heavy atom. The Hall–Kier alpha value is 0.0500. The predicted octanol–water partition coefficient (Wildman–Crippen LogP) is 3.47. The Morgan fingerprint density at radius 2 is 2.00 bits per heavy atom. The van der Waals surface area contributed by atoms with Gasteiger partial charge in [0.05, 0.1) is 0 Å². The van der Waals surface area contributed by atoms with Crippen molar-refractivity contribution in [2.75, 3.05) is 24.6 Å². The minimum Gasteiger partial charge on any atom is -0.316 e. The second-order valence-corrected chi connectivity index (χ2v) is 5.56. The molecule has 0 aromatic heterocycles. The third kappa shape index (κ3) is 7.02. The number of nitrogens with one attached hydrogen (secondary N) is 1. The van der Waals surface area contributed by atoms with Gasteiger partial charge in [-0.25, -0.2) is 0 Å². The molecular formula is C13H25NS. The topological polar surface area (TPSA) is 12.0 Å². The molecule has 1 fully saturated rings. The van der Waals surface area contributed by atoms with Gasteiger partial charge < -0.3 is 5.32 Å². The number of hydrogen-bond donors (Lipinski definition) is 1. The number of rotatable bonds is 8. The van der Waals surface area contributed by atoms with Crippen LogP contribution in [0.5, 0.6) is 0 Å².